The molecule has 1 aliphatic rings. The van der Waals surface area contributed by atoms with E-state index in [0.717, 1.165) is 24.3 Å². The predicted octanol–water partition coefficient (Wildman–Crippen LogP) is 1.76. The van der Waals surface area contributed by atoms with Crippen molar-refractivity contribution in [2.24, 2.45) is 7.05 Å². The van der Waals surface area contributed by atoms with Crippen LogP contribution in [0.1, 0.15) is 37.4 Å². The van der Waals surface area contributed by atoms with Crippen LogP contribution >= 0.6 is 0 Å². The maximum Gasteiger partial charge on any atom is 0.332 e. The number of rotatable bonds is 3. The molecule has 24 heavy (non-hydrogen) atoms. The van der Waals surface area contributed by atoms with Gasteiger partial charge in [-0.1, -0.05) is 18.9 Å². The zero-order chi connectivity index (χ0) is 17.0. The Morgan fingerprint density at radius 3 is 2.71 bits per heavy atom. The number of fused-ring (bicyclic) bond motifs is 3. The van der Waals surface area contributed by atoms with E-state index in [1.54, 1.807) is 13.1 Å². The molecule has 3 heterocycles. The Bertz CT molecular complexity index is 1070. The van der Waals surface area contributed by atoms with E-state index in [4.69, 9.17) is 0 Å². The van der Waals surface area contributed by atoms with Gasteiger partial charge >= 0.3 is 5.69 Å². The summed E-state index contributed by atoms with van der Waals surface area (Å²) in [6, 6.07) is 0.423. The van der Waals surface area contributed by atoms with Gasteiger partial charge in [0, 0.05) is 31.5 Å². The largest absolute Gasteiger partial charge is 0.332 e. The Morgan fingerprint density at radius 1 is 1.33 bits per heavy atom. The van der Waals surface area contributed by atoms with Gasteiger partial charge in [0.25, 0.3) is 5.56 Å². The fourth-order valence-electron chi connectivity index (χ4n) is 3.93. The molecule has 4 rings (SSSR count). The van der Waals surface area contributed by atoms with Crippen LogP contribution in [-0.4, -0.2) is 23.1 Å². The molecule has 0 radical (unpaired) electrons. The molecule has 0 amide bonds. The molecule has 7 heteroatoms. The molecular weight excluding hydrogens is 306 g/mol. The monoisotopic (exact) mass is 327 g/mol. The Morgan fingerprint density at radius 2 is 2.04 bits per heavy atom. The molecule has 7 nitrogen and oxygen atoms in total. The first-order valence-corrected chi connectivity index (χ1v) is 8.35. The van der Waals surface area contributed by atoms with Gasteiger partial charge in [-0.3, -0.25) is 18.3 Å². The predicted molar refractivity (Wildman–Crippen MR) is 92.6 cm³/mol. The average molecular weight is 327 g/mol. The molecule has 0 spiro atoms. The molecule has 126 valence electrons. The van der Waals surface area contributed by atoms with E-state index in [9.17, 15) is 9.59 Å². The molecule has 3 aromatic rings. The minimum Gasteiger partial charge on any atom is -0.311 e. The third kappa shape index (κ3) is 1.87. The van der Waals surface area contributed by atoms with Crippen molar-refractivity contribution in [1.82, 2.24) is 23.1 Å². The number of nitrogens with zero attached hydrogens (tertiary/aromatic N) is 5. The molecule has 0 aliphatic heterocycles. The van der Waals surface area contributed by atoms with Gasteiger partial charge in [0.05, 0.1) is 0 Å². The highest BCUT2D eigenvalue weighted by Gasteiger charge is 2.24. The molecule has 0 saturated heterocycles. The fourth-order valence-corrected chi connectivity index (χ4v) is 3.93. The second-order valence-electron chi connectivity index (χ2n) is 6.58. The second kappa shape index (κ2) is 5.22. The van der Waals surface area contributed by atoms with Crippen LogP contribution < -0.4 is 11.2 Å². The number of hydrogen-bond donors (Lipinski definition) is 0. The lowest BCUT2D eigenvalue weighted by Crippen LogP contribution is -2.39. The number of hydrogen-bond acceptors (Lipinski definition) is 3. The minimum absolute atomic E-state index is 0.191. The summed E-state index contributed by atoms with van der Waals surface area (Å²) in [7, 11) is 1.66. The molecule has 3 aromatic heterocycles. The van der Waals surface area contributed by atoms with Gasteiger partial charge in [0.1, 0.15) is 0 Å². The van der Waals surface area contributed by atoms with Gasteiger partial charge in [0.15, 0.2) is 11.2 Å². The lowest BCUT2D eigenvalue weighted by atomic mass is 10.2. The van der Waals surface area contributed by atoms with Crippen molar-refractivity contribution in [1.29, 1.82) is 0 Å². The third-order valence-corrected chi connectivity index (χ3v) is 5.07. The first kappa shape index (κ1) is 15.0. The van der Waals surface area contributed by atoms with Gasteiger partial charge in [0.2, 0.25) is 5.78 Å². The molecule has 1 saturated carbocycles. The van der Waals surface area contributed by atoms with Crippen molar-refractivity contribution in [2.45, 2.75) is 45.2 Å². The minimum atomic E-state index is -0.364. The number of aromatic nitrogens is 5. The van der Waals surface area contributed by atoms with Crippen LogP contribution in [0.3, 0.4) is 0 Å². The molecule has 0 N–H and O–H groups in total. The maximum absolute atomic E-state index is 12.8. The van der Waals surface area contributed by atoms with Crippen LogP contribution in [0.5, 0.6) is 0 Å². The molecule has 1 aliphatic carbocycles. The fraction of sp³-hybridized carbons (Fsp3) is 0.471. The number of aryl methyl sites for hydroxylation is 2. The van der Waals surface area contributed by atoms with Crippen LogP contribution in [-0.2, 0) is 13.6 Å². The molecule has 0 aromatic carbocycles. The van der Waals surface area contributed by atoms with Crippen LogP contribution in [0.2, 0.25) is 0 Å². The number of allylic oxidation sites excluding steroid dienone is 1. The van der Waals surface area contributed by atoms with E-state index in [1.165, 1.54) is 22.0 Å². The summed E-state index contributed by atoms with van der Waals surface area (Å²) in [6.07, 6.45) is 8.22. The quantitative estimate of drug-likeness (QED) is 0.689. The highest BCUT2D eigenvalue weighted by Crippen LogP contribution is 2.32. The smallest absolute Gasteiger partial charge is 0.311 e. The summed E-state index contributed by atoms with van der Waals surface area (Å²) in [5.74, 6) is 0.748. The van der Waals surface area contributed by atoms with Gasteiger partial charge < -0.3 is 4.57 Å². The normalized spacial score (nSPS) is 15.8. The zero-order valence-corrected chi connectivity index (χ0v) is 14.0. The van der Waals surface area contributed by atoms with E-state index in [2.05, 4.69) is 16.1 Å². The van der Waals surface area contributed by atoms with Crippen LogP contribution in [0.15, 0.2) is 28.4 Å². The Balaban J connectivity index is 2.12. The van der Waals surface area contributed by atoms with Gasteiger partial charge in [-0.2, -0.15) is 4.98 Å². The summed E-state index contributed by atoms with van der Waals surface area (Å²) >= 11 is 0. The van der Waals surface area contributed by atoms with Crippen molar-refractivity contribution in [3.63, 3.8) is 0 Å². The van der Waals surface area contributed by atoms with E-state index in [0.29, 0.717) is 17.2 Å². The standard InChI is InChI=1S/C17H21N5O2/c1-4-9-20-15(23)13-14(19(3)17(20)24)18-16-21(13)10-11(2)22(16)12-7-5-6-8-12/h4,10,12H,1,5-9H2,2-3H3. The molecule has 0 bridgehead atoms. The SMILES string of the molecule is C=CCn1c(=O)c2c(nc3n(C4CCCC4)c(C)cn23)n(C)c1=O. The first-order chi connectivity index (χ1) is 11.5. The van der Waals surface area contributed by atoms with E-state index in [1.807, 2.05) is 17.5 Å². The van der Waals surface area contributed by atoms with Gasteiger partial charge in [-0.05, 0) is 19.8 Å². The highest BCUT2D eigenvalue weighted by atomic mass is 16.2. The van der Waals surface area contributed by atoms with Gasteiger partial charge in [-0.15, -0.1) is 6.58 Å². The summed E-state index contributed by atoms with van der Waals surface area (Å²) < 4.78 is 6.70. The Hall–Kier alpha value is -2.57. The summed E-state index contributed by atoms with van der Waals surface area (Å²) in [5, 5.41) is 0. The van der Waals surface area contributed by atoms with Gasteiger partial charge in [-0.25, -0.2) is 4.79 Å². The second-order valence-corrected chi connectivity index (χ2v) is 6.58. The number of imidazole rings is 2. The van der Waals surface area contributed by atoms with Crippen molar-refractivity contribution >= 4 is 16.9 Å². The summed E-state index contributed by atoms with van der Waals surface area (Å²) in [6.45, 7) is 5.87. The summed E-state index contributed by atoms with van der Waals surface area (Å²) in [5.41, 5.74) is 1.30. The van der Waals surface area contributed by atoms with Crippen molar-refractivity contribution in [3.05, 3.63) is 45.4 Å². The van der Waals surface area contributed by atoms with Crippen molar-refractivity contribution < 1.29 is 0 Å². The Kier molecular flexibility index (Phi) is 3.26. The topological polar surface area (TPSA) is 66.2 Å². The average Bonchev–Trinajstić information content (AvgIpc) is 3.24. The van der Waals surface area contributed by atoms with E-state index >= 15 is 0 Å². The van der Waals surface area contributed by atoms with E-state index < -0.39 is 0 Å². The maximum atomic E-state index is 12.8. The molecular formula is C17H21N5O2. The molecule has 0 atom stereocenters. The molecule has 0 unspecified atom stereocenters. The lowest BCUT2D eigenvalue weighted by Gasteiger charge is -2.13. The summed E-state index contributed by atoms with van der Waals surface area (Å²) in [4.78, 5) is 29.9. The Labute approximate surface area is 138 Å². The highest BCUT2D eigenvalue weighted by molar-refractivity contribution is 5.75. The van der Waals surface area contributed by atoms with Crippen LogP contribution in [0.25, 0.3) is 16.9 Å². The van der Waals surface area contributed by atoms with Crippen molar-refractivity contribution in [2.75, 3.05) is 0 Å². The van der Waals surface area contributed by atoms with Crippen molar-refractivity contribution in [3.8, 4) is 0 Å². The van der Waals surface area contributed by atoms with Crippen LogP contribution in [0.4, 0.5) is 0 Å². The van der Waals surface area contributed by atoms with Crippen LogP contribution in [0, 0.1) is 6.92 Å². The van der Waals surface area contributed by atoms with E-state index in [-0.39, 0.29) is 17.8 Å². The lowest BCUT2D eigenvalue weighted by molar-refractivity contribution is 0.520. The third-order valence-electron chi connectivity index (χ3n) is 5.07. The first-order valence-electron chi connectivity index (χ1n) is 8.35. The molecule has 1 fully saturated rings. The zero-order valence-electron chi connectivity index (χ0n) is 14.0.